The van der Waals surface area contributed by atoms with E-state index in [0.717, 1.165) is 9.94 Å². The van der Waals surface area contributed by atoms with E-state index in [1.54, 1.807) is 23.5 Å². The Kier molecular flexibility index (Phi) is 4.76. The predicted molar refractivity (Wildman–Crippen MR) is 67.7 cm³/mol. The zero-order valence-corrected chi connectivity index (χ0v) is 9.78. The first kappa shape index (κ1) is 11.3. The SMILES string of the molecule is CSC(=NC(=N)c1ccccc1)SC. The minimum atomic E-state index is 0.323. The third kappa shape index (κ3) is 3.20. The van der Waals surface area contributed by atoms with Crippen LogP contribution in [0.4, 0.5) is 0 Å². The van der Waals surface area contributed by atoms with Crippen LogP contribution >= 0.6 is 23.5 Å². The van der Waals surface area contributed by atoms with E-state index in [-0.39, 0.29) is 0 Å². The first-order chi connectivity index (χ1) is 6.77. The summed E-state index contributed by atoms with van der Waals surface area (Å²) in [6, 6.07) is 9.55. The molecule has 0 fully saturated rings. The molecule has 1 rings (SSSR count). The molecule has 74 valence electrons. The van der Waals surface area contributed by atoms with Crippen molar-refractivity contribution >= 4 is 33.7 Å². The Morgan fingerprint density at radius 3 is 2.21 bits per heavy atom. The van der Waals surface area contributed by atoms with Gasteiger partial charge in [0.2, 0.25) is 0 Å². The van der Waals surface area contributed by atoms with Gasteiger partial charge < -0.3 is 0 Å². The first-order valence-corrected chi connectivity index (χ1v) is 6.53. The smallest absolute Gasteiger partial charge is 0.153 e. The summed E-state index contributed by atoms with van der Waals surface area (Å²) >= 11 is 3.13. The van der Waals surface area contributed by atoms with Crippen LogP contribution in [0.5, 0.6) is 0 Å². The summed E-state index contributed by atoms with van der Waals surface area (Å²) in [4.78, 5) is 4.21. The number of aliphatic imine (C=N–C) groups is 1. The Hall–Kier alpha value is -0.740. The van der Waals surface area contributed by atoms with Crippen LogP contribution in [0.3, 0.4) is 0 Å². The van der Waals surface area contributed by atoms with Crippen molar-refractivity contribution in [2.24, 2.45) is 4.99 Å². The van der Waals surface area contributed by atoms with E-state index >= 15 is 0 Å². The van der Waals surface area contributed by atoms with E-state index in [9.17, 15) is 0 Å². The van der Waals surface area contributed by atoms with Crippen LogP contribution in [0.1, 0.15) is 5.56 Å². The van der Waals surface area contributed by atoms with Crippen molar-refractivity contribution in [1.29, 1.82) is 5.41 Å². The van der Waals surface area contributed by atoms with Crippen molar-refractivity contribution in [2.75, 3.05) is 12.5 Å². The minimum absolute atomic E-state index is 0.323. The summed E-state index contributed by atoms with van der Waals surface area (Å²) in [5, 5.41) is 7.75. The molecule has 0 saturated carbocycles. The lowest BCUT2D eigenvalue weighted by molar-refractivity contribution is 1.43. The number of hydrogen-bond donors (Lipinski definition) is 1. The Morgan fingerprint density at radius 2 is 1.71 bits per heavy atom. The summed E-state index contributed by atoms with van der Waals surface area (Å²) in [5.74, 6) is 0.323. The van der Waals surface area contributed by atoms with Gasteiger partial charge in [0.15, 0.2) is 5.84 Å². The lowest BCUT2D eigenvalue weighted by atomic mass is 10.2. The fraction of sp³-hybridized carbons (Fsp3) is 0.200. The van der Waals surface area contributed by atoms with Gasteiger partial charge in [-0.1, -0.05) is 30.3 Å². The molecule has 0 bridgehead atoms. The molecule has 14 heavy (non-hydrogen) atoms. The van der Waals surface area contributed by atoms with Crippen LogP contribution in [-0.4, -0.2) is 22.7 Å². The topological polar surface area (TPSA) is 36.2 Å². The number of nitrogens with one attached hydrogen (secondary N) is 1. The second kappa shape index (κ2) is 5.88. The molecule has 1 N–H and O–H groups in total. The zero-order chi connectivity index (χ0) is 10.4. The number of rotatable bonds is 1. The number of benzene rings is 1. The van der Waals surface area contributed by atoms with Crippen molar-refractivity contribution < 1.29 is 0 Å². The highest BCUT2D eigenvalue weighted by molar-refractivity contribution is 8.38. The van der Waals surface area contributed by atoms with Gasteiger partial charge in [0.1, 0.15) is 4.38 Å². The summed E-state index contributed by atoms with van der Waals surface area (Å²) in [7, 11) is 0. The fourth-order valence-electron chi connectivity index (χ4n) is 0.926. The van der Waals surface area contributed by atoms with E-state index in [4.69, 9.17) is 5.41 Å². The Balaban J connectivity index is 2.82. The highest BCUT2D eigenvalue weighted by atomic mass is 32.2. The van der Waals surface area contributed by atoms with Gasteiger partial charge in [-0.15, -0.1) is 23.5 Å². The molecule has 2 nitrogen and oxygen atoms in total. The Bertz CT molecular complexity index is 327. The van der Waals surface area contributed by atoms with E-state index in [2.05, 4.69) is 4.99 Å². The van der Waals surface area contributed by atoms with Crippen molar-refractivity contribution in [2.45, 2.75) is 0 Å². The number of nitrogens with zero attached hydrogens (tertiary/aromatic N) is 1. The van der Waals surface area contributed by atoms with Gasteiger partial charge in [-0.2, -0.15) is 0 Å². The van der Waals surface area contributed by atoms with Gasteiger partial charge in [0, 0.05) is 5.56 Å². The molecule has 0 aliphatic carbocycles. The normalized spacial score (nSPS) is 9.57. The molecule has 1 aromatic rings. The van der Waals surface area contributed by atoms with Crippen LogP contribution in [0.15, 0.2) is 35.3 Å². The molecule has 0 spiro atoms. The largest absolute Gasteiger partial charge is 0.282 e. The average Bonchev–Trinajstić information content (AvgIpc) is 2.26. The standard InChI is InChI=1S/C10H12N2S2/c1-13-10(14-2)12-9(11)8-6-4-3-5-7-8/h3-7,11H,1-2H3. The summed E-state index contributed by atoms with van der Waals surface area (Å²) in [5.41, 5.74) is 0.855. The van der Waals surface area contributed by atoms with Crippen molar-refractivity contribution in [3.05, 3.63) is 35.9 Å². The van der Waals surface area contributed by atoms with E-state index in [1.165, 1.54) is 0 Å². The molecule has 0 aromatic heterocycles. The molecule has 0 amide bonds. The molecule has 0 aliphatic heterocycles. The van der Waals surface area contributed by atoms with E-state index in [0.29, 0.717) is 5.84 Å². The molecule has 1 aromatic carbocycles. The van der Waals surface area contributed by atoms with Gasteiger partial charge in [-0.05, 0) is 12.5 Å². The van der Waals surface area contributed by atoms with Gasteiger partial charge in [0.25, 0.3) is 0 Å². The maximum atomic E-state index is 7.75. The zero-order valence-electron chi connectivity index (χ0n) is 8.15. The van der Waals surface area contributed by atoms with E-state index in [1.807, 2.05) is 42.8 Å². The van der Waals surface area contributed by atoms with Gasteiger partial charge >= 0.3 is 0 Å². The van der Waals surface area contributed by atoms with Gasteiger partial charge in [-0.25, -0.2) is 4.99 Å². The number of amidine groups is 1. The average molecular weight is 224 g/mol. The Morgan fingerprint density at radius 1 is 1.14 bits per heavy atom. The number of thioether (sulfide) groups is 2. The van der Waals surface area contributed by atoms with Crippen molar-refractivity contribution in [3.8, 4) is 0 Å². The second-order valence-electron chi connectivity index (χ2n) is 2.50. The molecular weight excluding hydrogens is 212 g/mol. The van der Waals surface area contributed by atoms with Crippen LogP contribution in [0.2, 0.25) is 0 Å². The molecule has 0 unspecified atom stereocenters. The molecule has 0 saturated heterocycles. The molecule has 0 aliphatic rings. The van der Waals surface area contributed by atoms with Gasteiger partial charge in [-0.3, -0.25) is 5.41 Å². The highest BCUT2D eigenvalue weighted by Gasteiger charge is 2.00. The van der Waals surface area contributed by atoms with Crippen LogP contribution in [-0.2, 0) is 0 Å². The number of hydrogen-bond acceptors (Lipinski definition) is 3. The second-order valence-corrected chi connectivity index (χ2v) is 4.35. The summed E-state index contributed by atoms with van der Waals surface area (Å²) in [6.07, 6.45) is 3.93. The third-order valence-corrected chi connectivity index (χ3v) is 3.48. The molecular formula is C10H12N2S2. The maximum Gasteiger partial charge on any atom is 0.153 e. The summed E-state index contributed by atoms with van der Waals surface area (Å²) in [6.45, 7) is 0. The molecule has 4 heteroatoms. The first-order valence-electron chi connectivity index (χ1n) is 4.08. The van der Waals surface area contributed by atoms with Crippen LogP contribution in [0.25, 0.3) is 0 Å². The predicted octanol–water partition coefficient (Wildman–Crippen LogP) is 3.09. The van der Waals surface area contributed by atoms with Crippen LogP contribution in [0, 0.1) is 5.41 Å². The molecule has 0 atom stereocenters. The van der Waals surface area contributed by atoms with Crippen molar-refractivity contribution in [3.63, 3.8) is 0 Å². The fourth-order valence-corrected chi connectivity index (χ4v) is 1.96. The van der Waals surface area contributed by atoms with Crippen molar-refractivity contribution in [1.82, 2.24) is 0 Å². The van der Waals surface area contributed by atoms with Crippen LogP contribution < -0.4 is 0 Å². The maximum absolute atomic E-state index is 7.75. The highest BCUT2D eigenvalue weighted by Crippen LogP contribution is 2.12. The lowest BCUT2D eigenvalue weighted by Crippen LogP contribution is -1.97. The minimum Gasteiger partial charge on any atom is -0.282 e. The summed E-state index contributed by atoms with van der Waals surface area (Å²) < 4.78 is 0.916. The molecule has 0 radical (unpaired) electrons. The third-order valence-electron chi connectivity index (χ3n) is 1.60. The molecule has 0 heterocycles. The van der Waals surface area contributed by atoms with E-state index < -0.39 is 0 Å². The van der Waals surface area contributed by atoms with Gasteiger partial charge in [0.05, 0.1) is 0 Å². The quantitative estimate of drug-likeness (QED) is 0.588. The lowest BCUT2D eigenvalue weighted by Gasteiger charge is -2.00. The monoisotopic (exact) mass is 224 g/mol. The Labute approximate surface area is 92.7 Å².